The van der Waals surface area contributed by atoms with Crippen LogP contribution in [-0.2, 0) is 6.54 Å². The normalized spacial score (nSPS) is 16.7. The highest BCUT2D eigenvalue weighted by Crippen LogP contribution is 2.19. The van der Waals surface area contributed by atoms with Gasteiger partial charge in [-0.05, 0) is 50.0 Å². The zero-order valence-corrected chi connectivity index (χ0v) is 14.3. The number of rotatable bonds is 6. The number of carbonyl (C=O) groups excluding carboxylic acids is 1. The van der Waals surface area contributed by atoms with Crippen LogP contribution >= 0.6 is 0 Å². The van der Waals surface area contributed by atoms with Gasteiger partial charge in [0.1, 0.15) is 5.76 Å². The van der Waals surface area contributed by atoms with Gasteiger partial charge in [-0.15, -0.1) is 0 Å². The highest BCUT2D eigenvalue weighted by molar-refractivity contribution is 5.91. The van der Waals surface area contributed by atoms with E-state index < -0.39 is 0 Å². The van der Waals surface area contributed by atoms with Gasteiger partial charge in [0.15, 0.2) is 5.76 Å². The molecule has 1 amide bonds. The Morgan fingerprint density at radius 1 is 1.12 bits per heavy atom. The molecule has 0 spiro atoms. The monoisotopic (exact) mass is 326 g/mol. The van der Waals surface area contributed by atoms with E-state index in [9.17, 15) is 4.79 Å². The van der Waals surface area contributed by atoms with Crippen LogP contribution in [0.4, 0.5) is 0 Å². The zero-order chi connectivity index (χ0) is 16.8. The number of nitrogens with zero attached hydrogens (tertiary/aromatic N) is 1. The van der Waals surface area contributed by atoms with E-state index in [1.54, 1.807) is 6.07 Å². The molecule has 1 aliphatic rings. The lowest BCUT2D eigenvalue weighted by molar-refractivity contribution is 0.0903. The summed E-state index contributed by atoms with van der Waals surface area (Å²) in [5, 5.41) is 3.07. The lowest BCUT2D eigenvalue weighted by atomic mass is 10.0. The highest BCUT2D eigenvalue weighted by Gasteiger charge is 2.18. The highest BCUT2D eigenvalue weighted by atomic mass is 16.4. The second kappa shape index (κ2) is 8.15. The summed E-state index contributed by atoms with van der Waals surface area (Å²) < 4.78 is 5.78. The van der Waals surface area contributed by atoms with Crippen molar-refractivity contribution in [1.29, 1.82) is 0 Å². The second-order valence-electron chi connectivity index (χ2n) is 6.45. The van der Waals surface area contributed by atoms with Gasteiger partial charge in [0.2, 0.25) is 0 Å². The molecule has 1 saturated heterocycles. The van der Waals surface area contributed by atoms with E-state index in [1.165, 1.54) is 19.3 Å². The van der Waals surface area contributed by atoms with Crippen molar-refractivity contribution < 1.29 is 9.21 Å². The molecule has 2 heterocycles. The molecule has 4 nitrogen and oxygen atoms in total. The third kappa shape index (κ3) is 4.26. The van der Waals surface area contributed by atoms with Crippen LogP contribution in [0.1, 0.15) is 60.5 Å². The van der Waals surface area contributed by atoms with Crippen molar-refractivity contribution in [3.8, 4) is 0 Å². The third-order valence-corrected chi connectivity index (χ3v) is 4.63. The second-order valence-corrected chi connectivity index (χ2v) is 6.45. The minimum Gasteiger partial charge on any atom is -0.455 e. The molecule has 1 N–H and O–H groups in total. The first-order chi connectivity index (χ1) is 11.8. The summed E-state index contributed by atoms with van der Waals surface area (Å²) >= 11 is 0. The molecule has 1 aromatic carbocycles. The number of carbonyl (C=O) groups is 1. The fraction of sp³-hybridized carbons (Fsp3) is 0.450. The van der Waals surface area contributed by atoms with Gasteiger partial charge in [0.05, 0.1) is 12.6 Å². The Morgan fingerprint density at radius 3 is 2.58 bits per heavy atom. The molecule has 3 rings (SSSR count). The Morgan fingerprint density at radius 2 is 1.88 bits per heavy atom. The Labute approximate surface area is 143 Å². The first kappa shape index (κ1) is 16.8. The van der Waals surface area contributed by atoms with Crippen LogP contribution in [0.3, 0.4) is 0 Å². The topological polar surface area (TPSA) is 45.5 Å². The number of amides is 1. The minimum atomic E-state index is -0.143. The fourth-order valence-electron chi connectivity index (χ4n) is 3.26. The van der Waals surface area contributed by atoms with Crippen LogP contribution < -0.4 is 5.32 Å². The third-order valence-electron chi connectivity index (χ3n) is 4.63. The number of hydrogen-bond donors (Lipinski definition) is 1. The zero-order valence-electron chi connectivity index (χ0n) is 14.3. The summed E-state index contributed by atoms with van der Waals surface area (Å²) in [4.78, 5) is 14.9. The predicted molar refractivity (Wildman–Crippen MR) is 94.8 cm³/mol. The molecule has 0 aliphatic carbocycles. The molecule has 1 aliphatic heterocycles. The maximum Gasteiger partial charge on any atom is 0.287 e. The van der Waals surface area contributed by atoms with Gasteiger partial charge in [-0.2, -0.15) is 0 Å². The van der Waals surface area contributed by atoms with Crippen molar-refractivity contribution in [1.82, 2.24) is 10.2 Å². The molecule has 1 unspecified atom stereocenters. The molecule has 1 atom stereocenters. The van der Waals surface area contributed by atoms with E-state index in [0.29, 0.717) is 5.76 Å². The Bertz CT molecular complexity index is 645. The number of furan rings is 1. The van der Waals surface area contributed by atoms with E-state index in [-0.39, 0.29) is 11.9 Å². The Kier molecular flexibility index (Phi) is 5.70. The summed E-state index contributed by atoms with van der Waals surface area (Å²) in [6, 6.07) is 13.8. The first-order valence-electron chi connectivity index (χ1n) is 8.93. The molecule has 2 aromatic rings. The van der Waals surface area contributed by atoms with Gasteiger partial charge in [0, 0.05) is 0 Å². The summed E-state index contributed by atoms with van der Waals surface area (Å²) in [5.74, 6) is 1.13. The molecule has 0 saturated carbocycles. The first-order valence-corrected chi connectivity index (χ1v) is 8.93. The molecule has 1 aromatic heterocycles. The van der Waals surface area contributed by atoms with Crippen LogP contribution in [-0.4, -0.2) is 23.9 Å². The molecule has 4 heteroatoms. The molecular weight excluding hydrogens is 300 g/mol. The smallest absolute Gasteiger partial charge is 0.287 e. The lowest BCUT2D eigenvalue weighted by Gasteiger charge is -2.25. The number of benzene rings is 1. The van der Waals surface area contributed by atoms with E-state index in [2.05, 4.69) is 17.1 Å². The minimum absolute atomic E-state index is 0.00865. The number of likely N-dealkylation sites (tertiary alicyclic amines) is 1. The number of nitrogens with one attached hydrogen (secondary N) is 1. The van der Waals surface area contributed by atoms with Gasteiger partial charge < -0.3 is 9.73 Å². The maximum atomic E-state index is 12.5. The van der Waals surface area contributed by atoms with Crippen LogP contribution in [0.15, 0.2) is 46.9 Å². The van der Waals surface area contributed by atoms with Gasteiger partial charge in [0.25, 0.3) is 5.91 Å². The number of piperidine rings is 1. The van der Waals surface area contributed by atoms with E-state index in [0.717, 1.165) is 37.4 Å². The average Bonchev–Trinajstić information content (AvgIpc) is 3.10. The van der Waals surface area contributed by atoms with E-state index >= 15 is 0 Å². The predicted octanol–water partition coefficient (Wildman–Crippen LogP) is 4.15. The van der Waals surface area contributed by atoms with Crippen molar-refractivity contribution >= 4 is 5.91 Å². The Hall–Kier alpha value is -2.07. The van der Waals surface area contributed by atoms with Crippen molar-refractivity contribution in [3.05, 3.63) is 59.5 Å². The molecule has 24 heavy (non-hydrogen) atoms. The average molecular weight is 326 g/mol. The van der Waals surface area contributed by atoms with Crippen LogP contribution in [0.5, 0.6) is 0 Å². The summed E-state index contributed by atoms with van der Waals surface area (Å²) in [7, 11) is 0. The lowest BCUT2D eigenvalue weighted by Crippen LogP contribution is -2.29. The maximum absolute atomic E-state index is 12.5. The van der Waals surface area contributed by atoms with E-state index in [1.807, 2.05) is 36.4 Å². The molecular formula is C20H26N2O2. The van der Waals surface area contributed by atoms with Crippen LogP contribution in [0.25, 0.3) is 0 Å². The van der Waals surface area contributed by atoms with Crippen LogP contribution in [0.2, 0.25) is 0 Å². The molecule has 0 bridgehead atoms. The van der Waals surface area contributed by atoms with Gasteiger partial charge >= 0.3 is 0 Å². The van der Waals surface area contributed by atoms with Crippen LogP contribution in [0, 0.1) is 0 Å². The standard InChI is InChI=1S/C20H26N2O2/c1-2-18(16-9-5-3-6-10-16)21-20(23)19-12-11-17(24-19)15-22-13-7-4-8-14-22/h3,5-6,9-12,18H,2,4,7-8,13-15H2,1H3,(H,21,23). The molecule has 128 valence electrons. The summed E-state index contributed by atoms with van der Waals surface area (Å²) in [6.45, 7) is 5.10. The summed E-state index contributed by atoms with van der Waals surface area (Å²) in [5.41, 5.74) is 1.12. The number of hydrogen-bond acceptors (Lipinski definition) is 3. The van der Waals surface area contributed by atoms with Crippen molar-refractivity contribution in [2.75, 3.05) is 13.1 Å². The fourth-order valence-corrected chi connectivity index (χ4v) is 3.26. The van der Waals surface area contributed by atoms with Crippen molar-refractivity contribution in [2.45, 2.75) is 45.2 Å². The van der Waals surface area contributed by atoms with Crippen molar-refractivity contribution in [2.24, 2.45) is 0 Å². The molecule has 0 radical (unpaired) electrons. The van der Waals surface area contributed by atoms with E-state index in [4.69, 9.17) is 4.42 Å². The quantitative estimate of drug-likeness (QED) is 0.867. The SMILES string of the molecule is CCC(NC(=O)c1ccc(CN2CCCCC2)o1)c1ccccc1. The molecule has 1 fully saturated rings. The largest absolute Gasteiger partial charge is 0.455 e. The Balaban J connectivity index is 1.60. The van der Waals surface area contributed by atoms with Gasteiger partial charge in [-0.25, -0.2) is 0 Å². The van der Waals surface area contributed by atoms with Crippen molar-refractivity contribution in [3.63, 3.8) is 0 Å². The van der Waals surface area contributed by atoms with Gasteiger partial charge in [-0.1, -0.05) is 43.7 Å². The summed E-state index contributed by atoms with van der Waals surface area (Å²) in [6.07, 6.45) is 4.67. The van der Waals surface area contributed by atoms with Gasteiger partial charge in [-0.3, -0.25) is 9.69 Å².